The largest absolute Gasteiger partial charge is 0.534 e. The monoisotopic (exact) mass is 229 g/mol. The second kappa shape index (κ2) is 5.34. The molecule has 0 amide bonds. The number of rotatable bonds is 3. The minimum absolute atomic E-state index is 0.0575. The van der Waals surface area contributed by atoms with Crippen LogP contribution in [0.1, 0.15) is 48.0 Å². The van der Waals surface area contributed by atoms with Gasteiger partial charge in [-0.05, 0) is 17.3 Å². The summed E-state index contributed by atoms with van der Waals surface area (Å²) < 4.78 is 4.98. The molecule has 2 atom stereocenters. The number of carbonyl (C=O) groups is 1. The van der Waals surface area contributed by atoms with E-state index in [2.05, 4.69) is 50.7 Å². The molecule has 2 unspecified atom stereocenters. The summed E-state index contributed by atoms with van der Waals surface area (Å²) in [6.45, 7) is 12.7. The lowest BCUT2D eigenvalue weighted by atomic mass is 9.72. The predicted molar refractivity (Wildman–Crippen MR) is 68.6 cm³/mol. The van der Waals surface area contributed by atoms with Crippen molar-refractivity contribution < 1.29 is 9.45 Å². The predicted octanol–water partition coefficient (Wildman–Crippen LogP) is 3.04. The summed E-state index contributed by atoms with van der Waals surface area (Å²) in [5, 5.41) is 0. The molecule has 0 heterocycles. The van der Waals surface area contributed by atoms with Crippen LogP contribution in [0.4, 0.5) is 0 Å². The topological polar surface area (TPSA) is 26.3 Å². The molecular weight excluding hydrogens is 206 g/mol. The average molecular weight is 229 g/mol. The van der Waals surface area contributed by atoms with E-state index in [1.165, 1.54) is 7.20 Å². The van der Waals surface area contributed by atoms with Gasteiger partial charge in [-0.3, -0.25) is 4.79 Å². The number of carbonyl (C=O) groups excluding carboxylic acids is 1. The Balaban J connectivity index is 4.68. The van der Waals surface area contributed by atoms with Crippen molar-refractivity contribution in [2.75, 3.05) is 0 Å². The highest BCUT2D eigenvalue weighted by Crippen LogP contribution is 2.36. The lowest BCUT2D eigenvalue weighted by molar-refractivity contribution is -0.143. The minimum atomic E-state index is -0.132. The van der Waals surface area contributed by atoms with Gasteiger partial charge in [0.05, 0.1) is 5.92 Å². The second-order valence-electron chi connectivity index (χ2n) is 6.26. The van der Waals surface area contributed by atoms with Crippen LogP contribution in [-0.2, 0) is 9.45 Å². The third kappa shape index (κ3) is 6.19. The SMILES string of the molecule is CC(C)(C)CC(C(=O)O[B]P)C(C)(C)C. The quantitative estimate of drug-likeness (QED) is 0.549. The fraction of sp³-hybridized carbons (Fsp3) is 0.909. The van der Waals surface area contributed by atoms with Crippen LogP contribution in [0.5, 0.6) is 0 Å². The molecule has 0 saturated carbocycles. The van der Waals surface area contributed by atoms with Gasteiger partial charge in [0, 0.05) is 0 Å². The summed E-state index contributed by atoms with van der Waals surface area (Å²) in [6.07, 6.45) is 0.841. The van der Waals surface area contributed by atoms with E-state index in [-0.39, 0.29) is 22.7 Å². The van der Waals surface area contributed by atoms with Crippen molar-refractivity contribution >= 4 is 22.3 Å². The molecule has 0 aromatic carbocycles. The van der Waals surface area contributed by atoms with E-state index in [0.717, 1.165) is 6.42 Å². The van der Waals surface area contributed by atoms with E-state index in [9.17, 15) is 4.79 Å². The molecule has 0 aliphatic rings. The Bertz CT molecular complexity index is 216. The van der Waals surface area contributed by atoms with Crippen molar-refractivity contribution in [3.63, 3.8) is 0 Å². The van der Waals surface area contributed by atoms with E-state index in [1.807, 2.05) is 0 Å². The van der Waals surface area contributed by atoms with Crippen molar-refractivity contribution in [2.24, 2.45) is 16.7 Å². The highest BCUT2D eigenvalue weighted by atomic mass is 31.0. The average Bonchev–Trinajstić information content (AvgIpc) is 1.97. The Morgan fingerprint density at radius 3 is 2.00 bits per heavy atom. The zero-order valence-corrected chi connectivity index (χ0v) is 11.9. The summed E-state index contributed by atoms with van der Waals surface area (Å²) in [6, 6.07) is 0. The van der Waals surface area contributed by atoms with Gasteiger partial charge in [-0.1, -0.05) is 41.5 Å². The summed E-state index contributed by atoms with van der Waals surface area (Å²) in [4.78, 5) is 11.8. The number of hydrogen-bond donors (Lipinski definition) is 0. The van der Waals surface area contributed by atoms with Crippen molar-refractivity contribution in [3.05, 3.63) is 0 Å². The molecule has 0 bridgehead atoms. The van der Waals surface area contributed by atoms with Crippen LogP contribution in [0.15, 0.2) is 0 Å². The minimum Gasteiger partial charge on any atom is -0.534 e. The third-order valence-electron chi connectivity index (χ3n) is 2.33. The molecule has 0 aliphatic carbocycles. The molecule has 0 saturated heterocycles. The van der Waals surface area contributed by atoms with Crippen LogP contribution >= 0.6 is 9.12 Å². The Hall–Kier alpha value is -0.0351. The standard InChI is InChI=1S/C11H23BO2P/c1-10(2,3)7-8(11(4,5)6)9(13)14-12-15/h8H,7,15H2,1-6H3. The molecule has 0 aromatic rings. The maximum atomic E-state index is 11.8. The normalized spacial score (nSPS) is 14.6. The van der Waals surface area contributed by atoms with Crippen LogP contribution in [-0.4, -0.2) is 13.2 Å². The molecule has 4 heteroatoms. The van der Waals surface area contributed by atoms with Gasteiger partial charge in [0.2, 0.25) is 0 Å². The van der Waals surface area contributed by atoms with Gasteiger partial charge in [-0.2, -0.15) is 0 Å². The molecule has 0 N–H and O–H groups in total. The molecule has 1 radical (unpaired) electrons. The van der Waals surface area contributed by atoms with Gasteiger partial charge >= 0.3 is 7.20 Å². The molecule has 15 heavy (non-hydrogen) atoms. The Kier molecular flexibility index (Phi) is 5.33. The Morgan fingerprint density at radius 1 is 1.27 bits per heavy atom. The van der Waals surface area contributed by atoms with Crippen LogP contribution in [0.2, 0.25) is 0 Å². The lowest BCUT2D eigenvalue weighted by Gasteiger charge is -2.33. The molecular formula is C11H23BO2P. The van der Waals surface area contributed by atoms with Crippen molar-refractivity contribution in [2.45, 2.75) is 48.0 Å². The van der Waals surface area contributed by atoms with Crippen LogP contribution in [0.3, 0.4) is 0 Å². The van der Waals surface area contributed by atoms with Gasteiger partial charge in [-0.15, -0.1) is 9.12 Å². The molecule has 0 aliphatic heterocycles. The lowest BCUT2D eigenvalue weighted by Crippen LogP contribution is -2.33. The van der Waals surface area contributed by atoms with Gasteiger partial charge in [-0.25, -0.2) is 0 Å². The number of hydrogen-bond acceptors (Lipinski definition) is 2. The first-order chi connectivity index (χ1) is 6.58. The summed E-state index contributed by atoms with van der Waals surface area (Å²) in [5.41, 5.74) is 0.0793. The van der Waals surface area contributed by atoms with Crippen LogP contribution in [0, 0.1) is 16.7 Å². The fourth-order valence-corrected chi connectivity index (χ4v) is 1.64. The highest BCUT2D eigenvalue weighted by molar-refractivity contribution is 7.54. The van der Waals surface area contributed by atoms with E-state index < -0.39 is 0 Å². The van der Waals surface area contributed by atoms with Gasteiger partial charge in [0.1, 0.15) is 0 Å². The van der Waals surface area contributed by atoms with Crippen LogP contribution in [0.25, 0.3) is 0 Å². The molecule has 0 rings (SSSR count). The molecule has 2 nitrogen and oxygen atoms in total. The Labute approximate surface area is 97.0 Å². The van der Waals surface area contributed by atoms with Crippen molar-refractivity contribution in [1.29, 1.82) is 0 Å². The maximum absolute atomic E-state index is 11.8. The second-order valence-corrected chi connectivity index (χ2v) is 6.53. The molecule has 0 aromatic heterocycles. The van der Waals surface area contributed by atoms with E-state index in [1.54, 1.807) is 0 Å². The summed E-state index contributed by atoms with van der Waals surface area (Å²) >= 11 is 0. The first-order valence-electron chi connectivity index (χ1n) is 5.32. The summed E-state index contributed by atoms with van der Waals surface area (Å²) in [7, 11) is 3.67. The maximum Gasteiger partial charge on any atom is 0.399 e. The Morgan fingerprint density at radius 2 is 1.73 bits per heavy atom. The molecule has 87 valence electrons. The summed E-state index contributed by atoms with van der Waals surface area (Å²) in [5.74, 6) is -0.193. The van der Waals surface area contributed by atoms with Gasteiger partial charge < -0.3 is 4.65 Å². The van der Waals surface area contributed by atoms with Gasteiger partial charge in [0.25, 0.3) is 5.97 Å². The molecule has 0 fully saturated rings. The van der Waals surface area contributed by atoms with E-state index >= 15 is 0 Å². The highest BCUT2D eigenvalue weighted by Gasteiger charge is 2.35. The van der Waals surface area contributed by atoms with E-state index in [4.69, 9.17) is 4.65 Å². The molecule has 0 spiro atoms. The first kappa shape index (κ1) is 15.0. The van der Waals surface area contributed by atoms with Crippen molar-refractivity contribution in [1.82, 2.24) is 0 Å². The smallest absolute Gasteiger partial charge is 0.399 e. The van der Waals surface area contributed by atoms with Gasteiger partial charge in [0.15, 0.2) is 0 Å². The third-order valence-corrected chi connectivity index (χ3v) is 2.47. The van der Waals surface area contributed by atoms with E-state index in [0.29, 0.717) is 0 Å². The fourth-order valence-electron chi connectivity index (χ4n) is 1.50. The zero-order valence-electron chi connectivity index (χ0n) is 10.8. The first-order valence-corrected chi connectivity index (χ1v) is 5.98. The van der Waals surface area contributed by atoms with Crippen molar-refractivity contribution in [3.8, 4) is 0 Å². The zero-order chi connectivity index (χ0) is 12.3. The van der Waals surface area contributed by atoms with Crippen LogP contribution < -0.4 is 0 Å².